The van der Waals surface area contributed by atoms with Crippen molar-refractivity contribution >= 4 is 0 Å². The Balaban J connectivity index is 0.978. The van der Waals surface area contributed by atoms with Crippen molar-refractivity contribution in [3.8, 4) is 78.0 Å². The minimum atomic E-state index is -0.103. The van der Waals surface area contributed by atoms with Gasteiger partial charge in [-0.3, -0.25) is 4.98 Å². The highest BCUT2D eigenvalue weighted by Gasteiger charge is 2.36. The number of fused-ring (bicyclic) bond motifs is 3. The summed E-state index contributed by atoms with van der Waals surface area (Å²) in [6.45, 7) is 4.69. The lowest BCUT2D eigenvalue weighted by Gasteiger charge is -2.22. The van der Waals surface area contributed by atoms with Crippen molar-refractivity contribution in [2.45, 2.75) is 19.3 Å². The number of rotatable bonds is 6. The molecule has 7 aromatic carbocycles. The Morgan fingerprint density at radius 1 is 0.314 bits per heavy atom. The largest absolute Gasteiger partial charge is 0.256 e. The fraction of sp³-hybridized carbons (Fsp3) is 0.0600. The minimum Gasteiger partial charge on any atom is -0.256 e. The van der Waals surface area contributed by atoms with E-state index in [0.717, 1.165) is 22.4 Å². The van der Waals surface area contributed by atoms with Crippen LogP contribution in [-0.4, -0.2) is 4.98 Å². The van der Waals surface area contributed by atoms with Crippen LogP contribution in [0.4, 0.5) is 0 Å². The maximum Gasteiger partial charge on any atom is 0.0702 e. The van der Waals surface area contributed by atoms with Gasteiger partial charge in [0.1, 0.15) is 0 Å². The summed E-state index contributed by atoms with van der Waals surface area (Å²) in [7, 11) is 0. The number of benzene rings is 7. The normalized spacial score (nSPS) is 12.7. The molecule has 9 rings (SSSR count). The van der Waals surface area contributed by atoms with Crippen LogP contribution in [0.5, 0.6) is 0 Å². The summed E-state index contributed by atoms with van der Waals surface area (Å²) >= 11 is 0. The van der Waals surface area contributed by atoms with Gasteiger partial charge in [0.15, 0.2) is 0 Å². The molecule has 1 aliphatic carbocycles. The van der Waals surface area contributed by atoms with Crippen LogP contribution in [-0.2, 0) is 5.41 Å². The van der Waals surface area contributed by atoms with Gasteiger partial charge in [-0.25, -0.2) is 0 Å². The molecule has 0 fully saturated rings. The van der Waals surface area contributed by atoms with Crippen LogP contribution in [0.15, 0.2) is 188 Å². The zero-order valence-corrected chi connectivity index (χ0v) is 28.8. The van der Waals surface area contributed by atoms with E-state index in [1.165, 1.54) is 66.8 Å². The van der Waals surface area contributed by atoms with Crippen LogP contribution in [0.25, 0.3) is 78.0 Å². The highest BCUT2D eigenvalue weighted by molar-refractivity contribution is 5.86. The molecule has 0 N–H and O–H groups in total. The first kappa shape index (κ1) is 30.7. The van der Waals surface area contributed by atoms with Gasteiger partial charge in [0.25, 0.3) is 0 Å². The van der Waals surface area contributed by atoms with Gasteiger partial charge in [-0.2, -0.15) is 0 Å². The number of hydrogen-bond donors (Lipinski definition) is 0. The molecular formula is C50H37N. The lowest BCUT2D eigenvalue weighted by molar-refractivity contribution is 0.661. The first-order valence-electron chi connectivity index (χ1n) is 17.7. The minimum absolute atomic E-state index is 0.103. The molecule has 0 aliphatic heterocycles. The maximum absolute atomic E-state index is 4.99. The average molecular weight is 652 g/mol. The Morgan fingerprint density at radius 2 is 0.686 bits per heavy atom. The lowest BCUT2D eigenvalue weighted by atomic mass is 9.81. The predicted molar refractivity (Wildman–Crippen MR) is 214 cm³/mol. The zero-order valence-electron chi connectivity index (χ0n) is 28.8. The molecule has 1 heteroatoms. The van der Waals surface area contributed by atoms with Crippen LogP contribution in [0.1, 0.15) is 25.0 Å². The van der Waals surface area contributed by atoms with Crippen molar-refractivity contribution in [2.24, 2.45) is 0 Å². The van der Waals surface area contributed by atoms with Crippen molar-refractivity contribution < 1.29 is 0 Å². The summed E-state index contributed by atoms with van der Waals surface area (Å²) in [4.78, 5) is 4.99. The molecule has 0 saturated carbocycles. The molecule has 0 amide bonds. The fourth-order valence-electron chi connectivity index (χ4n) is 7.71. The van der Waals surface area contributed by atoms with E-state index in [0.29, 0.717) is 0 Å². The molecule has 0 saturated heterocycles. The number of nitrogens with zero attached hydrogens (tertiary/aromatic N) is 1. The Bertz CT molecular complexity index is 2530. The SMILES string of the molecule is CC1(C)c2cc(-c3ccccc3)ccc2-c2ccc(-c3ccc(-c4cccc(-c5cccc(-c6cccc(-c7ccccc7)c6)c5)c4)cn3)cc21. The summed E-state index contributed by atoms with van der Waals surface area (Å²) < 4.78 is 0. The number of pyridine rings is 1. The molecule has 0 atom stereocenters. The second-order valence-corrected chi connectivity index (χ2v) is 14.1. The molecule has 0 unspecified atom stereocenters. The molecule has 0 radical (unpaired) electrons. The van der Waals surface area contributed by atoms with Gasteiger partial charge in [-0.15, -0.1) is 0 Å². The van der Waals surface area contributed by atoms with Crippen molar-refractivity contribution in [2.75, 3.05) is 0 Å². The van der Waals surface area contributed by atoms with E-state index in [4.69, 9.17) is 4.98 Å². The first-order chi connectivity index (χ1) is 25.0. The smallest absolute Gasteiger partial charge is 0.0702 e. The second kappa shape index (κ2) is 12.5. The third kappa shape index (κ3) is 5.67. The Kier molecular flexibility index (Phi) is 7.55. The Morgan fingerprint density at radius 3 is 1.16 bits per heavy atom. The molecule has 0 bridgehead atoms. The van der Waals surface area contributed by atoms with Crippen LogP contribution >= 0.6 is 0 Å². The third-order valence-electron chi connectivity index (χ3n) is 10.5. The number of hydrogen-bond acceptors (Lipinski definition) is 1. The fourth-order valence-corrected chi connectivity index (χ4v) is 7.71. The van der Waals surface area contributed by atoms with Crippen molar-refractivity contribution in [1.29, 1.82) is 0 Å². The Labute approximate surface area is 300 Å². The molecule has 0 spiro atoms. The molecular weight excluding hydrogens is 615 g/mol. The first-order valence-corrected chi connectivity index (χ1v) is 17.7. The molecule has 242 valence electrons. The van der Waals surface area contributed by atoms with Crippen LogP contribution < -0.4 is 0 Å². The molecule has 51 heavy (non-hydrogen) atoms. The van der Waals surface area contributed by atoms with Crippen molar-refractivity contribution in [3.63, 3.8) is 0 Å². The highest BCUT2D eigenvalue weighted by atomic mass is 14.7. The average Bonchev–Trinajstić information content (AvgIpc) is 3.43. The van der Waals surface area contributed by atoms with Gasteiger partial charge < -0.3 is 0 Å². The van der Waals surface area contributed by atoms with Gasteiger partial charge in [0.2, 0.25) is 0 Å². The summed E-state index contributed by atoms with van der Waals surface area (Å²) in [5.41, 5.74) is 19.4. The summed E-state index contributed by atoms with van der Waals surface area (Å²) in [5, 5.41) is 0. The molecule has 1 aliphatic rings. The standard InChI is InChI=1S/C50H37N/c1-50(2)47-31-42(35-14-7-4-8-15-35)22-25-45(47)46-26-23-43(32-48(46)50)49-27-24-44(33-51-49)41-21-11-20-40(30-41)39-19-10-18-38(29-39)37-17-9-16-36(28-37)34-12-5-3-6-13-34/h3-33H,1-2H3. The van der Waals surface area contributed by atoms with Crippen LogP contribution in [0.3, 0.4) is 0 Å². The highest BCUT2D eigenvalue weighted by Crippen LogP contribution is 2.50. The summed E-state index contributed by atoms with van der Waals surface area (Å²) in [6.07, 6.45) is 2.01. The van der Waals surface area contributed by atoms with E-state index >= 15 is 0 Å². The van der Waals surface area contributed by atoms with E-state index in [-0.39, 0.29) is 5.41 Å². The zero-order chi connectivity index (χ0) is 34.4. The van der Waals surface area contributed by atoms with Crippen molar-refractivity contribution in [3.05, 3.63) is 199 Å². The van der Waals surface area contributed by atoms with Crippen LogP contribution in [0.2, 0.25) is 0 Å². The maximum atomic E-state index is 4.99. The Hall–Kier alpha value is -6.31. The van der Waals surface area contributed by atoms with E-state index in [2.05, 4.69) is 196 Å². The molecule has 1 heterocycles. The van der Waals surface area contributed by atoms with Crippen molar-refractivity contribution in [1.82, 2.24) is 4.98 Å². The topological polar surface area (TPSA) is 12.9 Å². The van der Waals surface area contributed by atoms with Crippen LogP contribution in [0, 0.1) is 0 Å². The van der Waals surface area contributed by atoms with Gasteiger partial charge >= 0.3 is 0 Å². The number of aromatic nitrogens is 1. The molecule has 1 aromatic heterocycles. The van der Waals surface area contributed by atoms with E-state index < -0.39 is 0 Å². The van der Waals surface area contributed by atoms with Gasteiger partial charge in [-0.05, 0) is 109 Å². The second-order valence-electron chi connectivity index (χ2n) is 14.1. The summed E-state index contributed by atoms with van der Waals surface area (Å²) in [5.74, 6) is 0. The molecule has 1 nitrogen and oxygen atoms in total. The molecule has 8 aromatic rings. The monoisotopic (exact) mass is 651 g/mol. The van der Waals surface area contributed by atoms with Gasteiger partial charge in [0, 0.05) is 22.7 Å². The lowest BCUT2D eigenvalue weighted by Crippen LogP contribution is -2.15. The van der Waals surface area contributed by atoms with E-state index in [1.807, 2.05) is 6.20 Å². The summed E-state index contributed by atoms with van der Waals surface area (Å²) in [6, 6.07) is 65.8. The third-order valence-corrected chi connectivity index (χ3v) is 10.5. The predicted octanol–water partition coefficient (Wildman–Crippen LogP) is 13.4. The van der Waals surface area contributed by atoms with E-state index in [1.54, 1.807) is 0 Å². The van der Waals surface area contributed by atoms with Gasteiger partial charge in [-0.1, -0.05) is 159 Å². The van der Waals surface area contributed by atoms with Gasteiger partial charge in [0.05, 0.1) is 5.69 Å². The quantitative estimate of drug-likeness (QED) is 0.174. The van der Waals surface area contributed by atoms with E-state index in [9.17, 15) is 0 Å².